The van der Waals surface area contributed by atoms with Crippen molar-refractivity contribution < 1.29 is 4.79 Å². The molecule has 26 heavy (non-hydrogen) atoms. The molecular weight excluding hydrogens is 346 g/mol. The number of nitrogens with zero attached hydrogens (tertiary/aromatic N) is 4. The minimum absolute atomic E-state index is 0.0628. The van der Waals surface area contributed by atoms with Gasteiger partial charge in [-0.3, -0.25) is 14.4 Å². The molecule has 1 N–H and O–H groups in total. The van der Waals surface area contributed by atoms with Gasteiger partial charge in [-0.15, -0.1) is 11.3 Å². The van der Waals surface area contributed by atoms with Crippen LogP contribution in [0.4, 0.5) is 5.69 Å². The van der Waals surface area contributed by atoms with Crippen molar-refractivity contribution in [3.8, 4) is 11.3 Å². The van der Waals surface area contributed by atoms with Crippen LogP contribution >= 0.6 is 11.3 Å². The van der Waals surface area contributed by atoms with E-state index in [1.54, 1.807) is 16.0 Å². The van der Waals surface area contributed by atoms with E-state index in [0.717, 1.165) is 48.4 Å². The summed E-state index contributed by atoms with van der Waals surface area (Å²) in [6, 6.07) is 7.77. The molecule has 0 radical (unpaired) electrons. The van der Waals surface area contributed by atoms with Crippen LogP contribution in [-0.4, -0.2) is 38.2 Å². The van der Waals surface area contributed by atoms with E-state index in [4.69, 9.17) is 0 Å². The highest BCUT2D eigenvalue weighted by Gasteiger charge is 2.30. The van der Waals surface area contributed by atoms with Crippen LogP contribution in [0, 0.1) is 0 Å². The fourth-order valence-electron chi connectivity index (χ4n) is 3.41. The molecule has 1 aliphatic heterocycles. The van der Waals surface area contributed by atoms with Crippen LogP contribution in [0.25, 0.3) is 11.3 Å². The summed E-state index contributed by atoms with van der Waals surface area (Å²) in [4.78, 5) is 19.3. The molecule has 4 rings (SSSR count). The maximum absolute atomic E-state index is 12.7. The number of rotatable bonds is 5. The summed E-state index contributed by atoms with van der Waals surface area (Å²) in [5, 5.41) is 9.29. The van der Waals surface area contributed by atoms with Gasteiger partial charge in [0.25, 0.3) is 0 Å². The summed E-state index contributed by atoms with van der Waals surface area (Å²) in [6.07, 6.45) is 5.80. The largest absolute Gasteiger partial charge is 0.325 e. The van der Waals surface area contributed by atoms with Crippen molar-refractivity contribution in [3.63, 3.8) is 0 Å². The topological polar surface area (TPSA) is 63.1 Å². The molecule has 134 valence electrons. The lowest BCUT2D eigenvalue weighted by atomic mass is 10.1. The molecule has 3 aromatic rings. The number of benzene rings is 1. The number of anilines is 1. The van der Waals surface area contributed by atoms with Gasteiger partial charge in [-0.1, -0.05) is 12.1 Å². The number of likely N-dealkylation sites (tertiary alicyclic amines) is 1. The molecule has 1 saturated heterocycles. The lowest BCUT2D eigenvalue weighted by Gasteiger charge is -2.23. The molecule has 1 amide bonds. The van der Waals surface area contributed by atoms with Crippen LogP contribution in [-0.2, 0) is 18.4 Å². The number of hydrogen-bond acceptors (Lipinski definition) is 5. The summed E-state index contributed by atoms with van der Waals surface area (Å²) in [7, 11) is 1.91. The third-order valence-electron chi connectivity index (χ3n) is 4.69. The Hall–Kier alpha value is -2.51. The first-order valence-electron chi connectivity index (χ1n) is 8.70. The SMILES string of the molecule is Cn1cc(CN2CCC[C@H]2C(=O)Nc2ccc(-c3cscn3)cc2)cn1. The number of hydrogen-bond donors (Lipinski definition) is 1. The predicted octanol–water partition coefficient (Wildman–Crippen LogP) is 3.15. The highest BCUT2D eigenvalue weighted by Crippen LogP contribution is 2.24. The third kappa shape index (κ3) is 3.68. The van der Waals surface area contributed by atoms with Crippen molar-refractivity contribution in [2.24, 2.45) is 7.05 Å². The van der Waals surface area contributed by atoms with Crippen LogP contribution in [0.5, 0.6) is 0 Å². The van der Waals surface area contributed by atoms with Gasteiger partial charge in [-0.2, -0.15) is 5.10 Å². The molecule has 0 aliphatic carbocycles. The highest BCUT2D eigenvalue weighted by atomic mass is 32.1. The van der Waals surface area contributed by atoms with E-state index in [2.05, 4.69) is 20.3 Å². The second kappa shape index (κ2) is 7.39. The number of carbonyl (C=O) groups is 1. The van der Waals surface area contributed by atoms with E-state index < -0.39 is 0 Å². The lowest BCUT2D eigenvalue weighted by molar-refractivity contribution is -0.120. The Morgan fingerprint density at radius 2 is 2.19 bits per heavy atom. The van der Waals surface area contributed by atoms with Gasteiger partial charge in [0, 0.05) is 42.0 Å². The first kappa shape index (κ1) is 16.9. The van der Waals surface area contributed by atoms with Gasteiger partial charge >= 0.3 is 0 Å². The Morgan fingerprint density at radius 1 is 1.35 bits per heavy atom. The molecule has 7 heteroatoms. The molecule has 6 nitrogen and oxygen atoms in total. The smallest absolute Gasteiger partial charge is 0.241 e. The van der Waals surface area contributed by atoms with Crippen LogP contribution < -0.4 is 5.32 Å². The van der Waals surface area contributed by atoms with Crippen molar-refractivity contribution in [1.29, 1.82) is 0 Å². The summed E-state index contributed by atoms with van der Waals surface area (Å²) in [5.74, 6) is 0.0628. The van der Waals surface area contributed by atoms with Gasteiger partial charge in [-0.25, -0.2) is 4.98 Å². The normalized spacial score (nSPS) is 17.5. The summed E-state index contributed by atoms with van der Waals surface area (Å²) in [6.45, 7) is 1.70. The van der Waals surface area contributed by atoms with Crippen LogP contribution in [0.1, 0.15) is 18.4 Å². The highest BCUT2D eigenvalue weighted by molar-refractivity contribution is 7.07. The number of amides is 1. The van der Waals surface area contributed by atoms with Crippen molar-refractivity contribution >= 4 is 22.9 Å². The Kier molecular flexibility index (Phi) is 4.81. The second-order valence-corrected chi connectivity index (χ2v) is 7.31. The van der Waals surface area contributed by atoms with Crippen LogP contribution in [0.15, 0.2) is 47.5 Å². The van der Waals surface area contributed by atoms with Crippen molar-refractivity contribution in [3.05, 3.63) is 53.1 Å². The lowest BCUT2D eigenvalue weighted by Crippen LogP contribution is -2.39. The van der Waals surface area contributed by atoms with E-state index in [-0.39, 0.29) is 11.9 Å². The van der Waals surface area contributed by atoms with Crippen LogP contribution in [0.2, 0.25) is 0 Å². The predicted molar refractivity (Wildman–Crippen MR) is 103 cm³/mol. The zero-order chi connectivity index (χ0) is 17.9. The Morgan fingerprint density at radius 3 is 2.88 bits per heavy atom. The maximum Gasteiger partial charge on any atom is 0.241 e. The number of carbonyl (C=O) groups excluding carboxylic acids is 1. The molecule has 0 spiro atoms. The maximum atomic E-state index is 12.7. The van der Waals surface area contributed by atoms with Gasteiger partial charge in [0.2, 0.25) is 5.91 Å². The average Bonchev–Trinajstić information content (AvgIpc) is 3.38. The Labute approximate surface area is 156 Å². The summed E-state index contributed by atoms with van der Waals surface area (Å²) in [5.41, 5.74) is 5.80. The summed E-state index contributed by atoms with van der Waals surface area (Å²) >= 11 is 1.58. The first-order chi connectivity index (χ1) is 12.7. The molecule has 2 aromatic heterocycles. The van der Waals surface area contributed by atoms with E-state index in [0.29, 0.717) is 0 Å². The first-order valence-corrected chi connectivity index (χ1v) is 9.64. The molecule has 0 unspecified atom stereocenters. The molecule has 1 fully saturated rings. The van der Waals surface area contributed by atoms with E-state index in [1.165, 1.54) is 0 Å². The van der Waals surface area contributed by atoms with E-state index >= 15 is 0 Å². The fourth-order valence-corrected chi connectivity index (χ4v) is 3.97. The minimum atomic E-state index is -0.0894. The van der Waals surface area contributed by atoms with Crippen molar-refractivity contribution in [2.45, 2.75) is 25.4 Å². The number of nitrogens with one attached hydrogen (secondary N) is 1. The van der Waals surface area contributed by atoms with E-state index in [1.807, 2.05) is 54.6 Å². The van der Waals surface area contributed by atoms with Gasteiger partial charge in [0.15, 0.2) is 0 Å². The molecular formula is C19H21N5OS. The summed E-state index contributed by atoms with van der Waals surface area (Å²) < 4.78 is 1.80. The van der Waals surface area contributed by atoms with Crippen LogP contribution in [0.3, 0.4) is 0 Å². The van der Waals surface area contributed by atoms with E-state index in [9.17, 15) is 4.79 Å². The third-order valence-corrected chi connectivity index (χ3v) is 5.28. The molecule has 1 aromatic carbocycles. The second-order valence-electron chi connectivity index (χ2n) is 6.59. The zero-order valence-electron chi connectivity index (χ0n) is 14.6. The molecule has 3 heterocycles. The van der Waals surface area contributed by atoms with Gasteiger partial charge < -0.3 is 5.32 Å². The molecule has 1 aliphatic rings. The van der Waals surface area contributed by atoms with Gasteiger partial charge in [0.05, 0.1) is 23.4 Å². The van der Waals surface area contributed by atoms with Gasteiger partial charge in [-0.05, 0) is 31.5 Å². The fraction of sp³-hybridized carbons (Fsp3) is 0.316. The Balaban J connectivity index is 1.40. The minimum Gasteiger partial charge on any atom is -0.325 e. The standard InChI is InChI=1S/C19H21N5OS/c1-23-10-14(9-21-23)11-24-8-2-3-18(24)19(25)22-16-6-4-15(5-7-16)17-12-26-13-20-17/h4-7,9-10,12-13,18H,2-3,8,11H2,1H3,(H,22,25)/t18-/m0/s1. The molecule has 0 saturated carbocycles. The zero-order valence-corrected chi connectivity index (χ0v) is 15.4. The monoisotopic (exact) mass is 367 g/mol. The average molecular weight is 367 g/mol. The molecule has 0 bridgehead atoms. The number of aromatic nitrogens is 3. The quantitative estimate of drug-likeness (QED) is 0.752. The number of aryl methyl sites for hydroxylation is 1. The number of thiazole rings is 1. The van der Waals surface area contributed by atoms with Gasteiger partial charge in [0.1, 0.15) is 0 Å². The molecule has 1 atom stereocenters. The van der Waals surface area contributed by atoms with Crippen molar-refractivity contribution in [1.82, 2.24) is 19.7 Å². The Bertz CT molecular complexity index is 872. The van der Waals surface area contributed by atoms with Crippen molar-refractivity contribution in [2.75, 3.05) is 11.9 Å².